The van der Waals surface area contributed by atoms with Gasteiger partial charge in [-0.25, -0.2) is 0 Å². The summed E-state index contributed by atoms with van der Waals surface area (Å²) in [5.74, 6) is 1.50. The van der Waals surface area contributed by atoms with Gasteiger partial charge in [-0.05, 0) is 25.3 Å². The molecule has 1 rings (SSSR count). The molecule has 1 saturated carbocycles. The molecule has 1 nitrogen and oxygen atoms in total. The summed E-state index contributed by atoms with van der Waals surface area (Å²) < 4.78 is 0. The lowest BCUT2D eigenvalue weighted by atomic mass is 9.83. The molecule has 1 aliphatic carbocycles. The zero-order valence-corrected chi connectivity index (χ0v) is 9.66. The summed E-state index contributed by atoms with van der Waals surface area (Å²) >= 11 is 6.06. The van der Waals surface area contributed by atoms with E-state index in [4.69, 9.17) is 11.6 Å². The van der Waals surface area contributed by atoms with Crippen LogP contribution >= 0.6 is 11.6 Å². The maximum atomic E-state index is 6.06. The smallest absolute Gasteiger partial charge is 0.0406 e. The van der Waals surface area contributed by atoms with Crippen LogP contribution in [0.2, 0.25) is 0 Å². The van der Waals surface area contributed by atoms with Gasteiger partial charge in [-0.2, -0.15) is 0 Å². The number of halogens is 1. The molecule has 2 heteroatoms. The third-order valence-corrected chi connectivity index (χ3v) is 3.46. The zero-order chi connectivity index (χ0) is 9.73. The highest BCUT2D eigenvalue weighted by Gasteiger charge is 2.30. The molecule has 0 aliphatic heterocycles. The van der Waals surface area contributed by atoms with Crippen LogP contribution in [0.5, 0.6) is 0 Å². The summed E-state index contributed by atoms with van der Waals surface area (Å²) in [5, 5.41) is 3.65. The van der Waals surface area contributed by atoms with E-state index in [9.17, 15) is 0 Å². The summed E-state index contributed by atoms with van der Waals surface area (Å²) in [6.45, 7) is 5.60. The van der Waals surface area contributed by atoms with Crippen molar-refractivity contribution in [1.29, 1.82) is 0 Å². The van der Waals surface area contributed by atoms with Gasteiger partial charge in [-0.1, -0.05) is 33.1 Å². The summed E-state index contributed by atoms with van der Waals surface area (Å²) in [5.41, 5.74) is 0.268. The van der Waals surface area contributed by atoms with E-state index >= 15 is 0 Å². The van der Waals surface area contributed by atoms with Crippen LogP contribution in [0.1, 0.15) is 46.0 Å². The molecule has 0 heterocycles. The molecule has 0 aromatic heterocycles. The Kier molecular flexibility index (Phi) is 4.54. The van der Waals surface area contributed by atoms with E-state index in [-0.39, 0.29) is 5.54 Å². The monoisotopic (exact) mass is 203 g/mol. The molecule has 78 valence electrons. The molecule has 0 unspecified atom stereocenters. The number of hydrogen-bond donors (Lipinski definition) is 1. The van der Waals surface area contributed by atoms with Gasteiger partial charge in [0, 0.05) is 11.4 Å². The number of hydrogen-bond acceptors (Lipinski definition) is 1. The van der Waals surface area contributed by atoms with Gasteiger partial charge in [0.2, 0.25) is 0 Å². The zero-order valence-electron chi connectivity index (χ0n) is 8.91. The van der Waals surface area contributed by atoms with Crippen molar-refractivity contribution in [2.75, 3.05) is 12.4 Å². The van der Waals surface area contributed by atoms with E-state index in [1.165, 1.54) is 32.1 Å². The summed E-state index contributed by atoms with van der Waals surface area (Å²) in [6.07, 6.45) is 6.62. The number of nitrogens with one attached hydrogen (secondary N) is 1. The highest BCUT2D eigenvalue weighted by Crippen LogP contribution is 2.29. The second kappa shape index (κ2) is 5.21. The first kappa shape index (κ1) is 11.3. The maximum Gasteiger partial charge on any atom is 0.0406 e. The second-order valence-corrected chi connectivity index (χ2v) is 5.02. The summed E-state index contributed by atoms with van der Waals surface area (Å²) in [6, 6.07) is 0. The topological polar surface area (TPSA) is 12.0 Å². The average Bonchev–Trinajstić information content (AvgIpc) is 2.16. The fourth-order valence-corrected chi connectivity index (χ4v) is 2.37. The minimum absolute atomic E-state index is 0.268. The fraction of sp³-hybridized carbons (Fsp3) is 1.00. The molecule has 0 amide bonds. The first-order valence-corrected chi connectivity index (χ1v) is 6.03. The molecule has 0 radical (unpaired) electrons. The van der Waals surface area contributed by atoms with Crippen LogP contribution in [-0.2, 0) is 0 Å². The highest BCUT2D eigenvalue weighted by atomic mass is 35.5. The first-order chi connectivity index (χ1) is 6.18. The molecular weight excluding hydrogens is 182 g/mol. The molecule has 0 atom stereocenters. The SMILES string of the molecule is CC(C)CNC1(CCl)CCCCC1. The van der Waals surface area contributed by atoms with Crippen LogP contribution in [-0.4, -0.2) is 18.0 Å². The minimum Gasteiger partial charge on any atom is -0.310 e. The van der Waals surface area contributed by atoms with Crippen molar-refractivity contribution in [2.45, 2.75) is 51.5 Å². The van der Waals surface area contributed by atoms with Gasteiger partial charge < -0.3 is 5.32 Å². The van der Waals surface area contributed by atoms with Crippen molar-refractivity contribution in [3.8, 4) is 0 Å². The van der Waals surface area contributed by atoms with Gasteiger partial charge in [-0.3, -0.25) is 0 Å². The molecular formula is C11H22ClN. The summed E-state index contributed by atoms with van der Waals surface area (Å²) in [4.78, 5) is 0. The third-order valence-electron chi connectivity index (χ3n) is 2.95. The highest BCUT2D eigenvalue weighted by molar-refractivity contribution is 6.18. The lowest BCUT2D eigenvalue weighted by Crippen LogP contribution is -2.49. The molecule has 0 spiro atoms. The van der Waals surface area contributed by atoms with E-state index in [1.807, 2.05) is 0 Å². The largest absolute Gasteiger partial charge is 0.310 e. The Morgan fingerprint density at radius 2 is 1.85 bits per heavy atom. The molecule has 13 heavy (non-hydrogen) atoms. The fourth-order valence-electron chi connectivity index (χ4n) is 2.01. The van der Waals surface area contributed by atoms with Gasteiger partial charge >= 0.3 is 0 Å². The van der Waals surface area contributed by atoms with E-state index in [1.54, 1.807) is 0 Å². The van der Waals surface area contributed by atoms with Crippen LogP contribution in [0, 0.1) is 5.92 Å². The van der Waals surface area contributed by atoms with Crippen LogP contribution in [0.3, 0.4) is 0 Å². The van der Waals surface area contributed by atoms with Gasteiger partial charge in [0.1, 0.15) is 0 Å². The van der Waals surface area contributed by atoms with Crippen molar-refractivity contribution in [3.05, 3.63) is 0 Å². The predicted molar refractivity (Wildman–Crippen MR) is 59.4 cm³/mol. The van der Waals surface area contributed by atoms with Crippen molar-refractivity contribution < 1.29 is 0 Å². The van der Waals surface area contributed by atoms with Crippen molar-refractivity contribution >= 4 is 11.6 Å². The van der Waals surface area contributed by atoms with E-state index in [0.29, 0.717) is 0 Å². The predicted octanol–water partition coefficient (Wildman–Crippen LogP) is 3.17. The van der Waals surface area contributed by atoms with Crippen molar-refractivity contribution in [1.82, 2.24) is 5.32 Å². The molecule has 1 N–H and O–H groups in total. The van der Waals surface area contributed by atoms with Crippen molar-refractivity contribution in [3.63, 3.8) is 0 Å². The van der Waals surface area contributed by atoms with Gasteiger partial charge in [0.25, 0.3) is 0 Å². The van der Waals surface area contributed by atoms with E-state index in [2.05, 4.69) is 19.2 Å². The average molecular weight is 204 g/mol. The molecule has 0 aromatic carbocycles. The Balaban J connectivity index is 2.38. The lowest BCUT2D eigenvalue weighted by molar-refractivity contribution is 0.249. The normalized spacial score (nSPS) is 22.2. The number of alkyl halides is 1. The standard InChI is InChI=1S/C11H22ClN/c1-10(2)8-13-11(9-12)6-4-3-5-7-11/h10,13H,3-9H2,1-2H3. The second-order valence-electron chi connectivity index (χ2n) is 4.75. The molecule has 0 bridgehead atoms. The van der Waals surface area contributed by atoms with Crippen LogP contribution in [0.25, 0.3) is 0 Å². The quantitative estimate of drug-likeness (QED) is 0.693. The molecule has 1 fully saturated rings. The minimum atomic E-state index is 0.268. The maximum absolute atomic E-state index is 6.06. The van der Waals surface area contributed by atoms with Crippen LogP contribution in [0.15, 0.2) is 0 Å². The molecule has 1 aliphatic rings. The Morgan fingerprint density at radius 3 is 2.31 bits per heavy atom. The van der Waals surface area contributed by atoms with Gasteiger partial charge in [0.05, 0.1) is 0 Å². The Labute approximate surface area is 87.2 Å². The van der Waals surface area contributed by atoms with Gasteiger partial charge in [0.15, 0.2) is 0 Å². The van der Waals surface area contributed by atoms with E-state index in [0.717, 1.165) is 18.3 Å². The van der Waals surface area contributed by atoms with Crippen LogP contribution < -0.4 is 5.32 Å². The van der Waals surface area contributed by atoms with Crippen LogP contribution in [0.4, 0.5) is 0 Å². The molecule has 0 saturated heterocycles. The Morgan fingerprint density at radius 1 is 1.23 bits per heavy atom. The Bertz CT molecular complexity index is 139. The molecule has 0 aromatic rings. The van der Waals surface area contributed by atoms with E-state index < -0.39 is 0 Å². The number of rotatable bonds is 4. The lowest BCUT2D eigenvalue weighted by Gasteiger charge is -2.37. The Hall–Kier alpha value is 0.250. The first-order valence-electron chi connectivity index (χ1n) is 5.49. The summed E-state index contributed by atoms with van der Waals surface area (Å²) in [7, 11) is 0. The van der Waals surface area contributed by atoms with Gasteiger partial charge in [-0.15, -0.1) is 11.6 Å². The third kappa shape index (κ3) is 3.47. The van der Waals surface area contributed by atoms with Crippen molar-refractivity contribution in [2.24, 2.45) is 5.92 Å².